The van der Waals surface area contributed by atoms with Gasteiger partial charge < -0.3 is 10.0 Å². The Hall–Kier alpha value is -1.65. The lowest BCUT2D eigenvalue weighted by Crippen LogP contribution is -2.33. The highest BCUT2D eigenvalue weighted by Crippen LogP contribution is 2.29. The Bertz CT molecular complexity index is 536. The van der Waals surface area contributed by atoms with Crippen molar-refractivity contribution in [2.45, 2.75) is 6.92 Å². The van der Waals surface area contributed by atoms with Gasteiger partial charge in [0.15, 0.2) is 0 Å². The smallest absolute Gasteiger partial charge is 0.264 e. The number of likely N-dealkylation sites (N-methyl/N-ethyl adjacent to an activating group) is 1. The van der Waals surface area contributed by atoms with Gasteiger partial charge in [-0.2, -0.15) is 0 Å². The first-order valence-electron chi connectivity index (χ1n) is 6.31. The lowest BCUT2D eigenvalue weighted by molar-refractivity contribution is 0.0737. The second kappa shape index (κ2) is 6.50. The molecular formula is C15H17NO2S. The van der Waals surface area contributed by atoms with E-state index in [9.17, 15) is 4.79 Å². The molecule has 0 aliphatic carbocycles. The van der Waals surface area contributed by atoms with E-state index in [0.29, 0.717) is 13.1 Å². The summed E-state index contributed by atoms with van der Waals surface area (Å²) in [4.78, 5) is 14.8. The summed E-state index contributed by atoms with van der Waals surface area (Å²) in [5, 5.41) is 10.9. The van der Waals surface area contributed by atoms with Crippen molar-refractivity contribution in [2.75, 3.05) is 19.7 Å². The molecule has 0 saturated carbocycles. The van der Waals surface area contributed by atoms with Crippen LogP contribution >= 0.6 is 11.3 Å². The third-order valence-electron chi connectivity index (χ3n) is 2.98. The predicted octanol–water partition coefficient (Wildman–Crippen LogP) is 2.87. The summed E-state index contributed by atoms with van der Waals surface area (Å²) >= 11 is 1.45. The summed E-state index contributed by atoms with van der Waals surface area (Å²) in [6.45, 7) is 2.89. The topological polar surface area (TPSA) is 40.5 Å². The van der Waals surface area contributed by atoms with Crippen LogP contribution in [0.15, 0.2) is 41.8 Å². The molecular weight excluding hydrogens is 258 g/mol. The van der Waals surface area contributed by atoms with Gasteiger partial charge in [0.1, 0.15) is 0 Å². The number of aliphatic hydroxyl groups is 1. The fraction of sp³-hybridized carbons (Fsp3) is 0.267. The van der Waals surface area contributed by atoms with Gasteiger partial charge in [-0.05, 0) is 23.9 Å². The van der Waals surface area contributed by atoms with E-state index in [1.54, 1.807) is 4.90 Å². The second-order valence-corrected chi connectivity index (χ2v) is 5.05. The summed E-state index contributed by atoms with van der Waals surface area (Å²) < 4.78 is 0. The molecule has 0 bridgehead atoms. The number of benzene rings is 1. The Labute approximate surface area is 117 Å². The Balaban J connectivity index is 2.32. The van der Waals surface area contributed by atoms with Crippen LogP contribution in [0.2, 0.25) is 0 Å². The van der Waals surface area contributed by atoms with E-state index in [-0.39, 0.29) is 12.5 Å². The van der Waals surface area contributed by atoms with E-state index in [1.807, 2.05) is 48.7 Å². The fourth-order valence-electron chi connectivity index (χ4n) is 1.99. The Morgan fingerprint density at radius 2 is 2.00 bits per heavy atom. The zero-order valence-corrected chi connectivity index (χ0v) is 11.7. The van der Waals surface area contributed by atoms with Gasteiger partial charge in [0.05, 0.1) is 11.5 Å². The molecule has 0 unspecified atom stereocenters. The van der Waals surface area contributed by atoms with Crippen molar-refractivity contribution >= 4 is 17.2 Å². The zero-order chi connectivity index (χ0) is 13.7. The number of hydrogen-bond acceptors (Lipinski definition) is 3. The largest absolute Gasteiger partial charge is 0.395 e. The van der Waals surface area contributed by atoms with E-state index in [0.717, 1.165) is 16.0 Å². The number of thiophene rings is 1. The summed E-state index contributed by atoms with van der Waals surface area (Å²) in [5.41, 5.74) is 2.01. The molecule has 2 rings (SSSR count). The zero-order valence-electron chi connectivity index (χ0n) is 10.9. The van der Waals surface area contributed by atoms with E-state index >= 15 is 0 Å². The molecule has 1 heterocycles. The number of hydrogen-bond donors (Lipinski definition) is 1. The molecule has 0 fully saturated rings. The van der Waals surface area contributed by atoms with Gasteiger partial charge >= 0.3 is 0 Å². The highest BCUT2D eigenvalue weighted by atomic mass is 32.1. The lowest BCUT2D eigenvalue weighted by atomic mass is 10.1. The SMILES string of the molecule is CCN(CCO)C(=O)c1sccc1-c1ccccc1. The normalized spacial score (nSPS) is 10.4. The maximum absolute atomic E-state index is 12.4. The Morgan fingerprint density at radius 1 is 1.26 bits per heavy atom. The molecule has 0 aliphatic heterocycles. The minimum atomic E-state index is -0.00889. The van der Waals surface area contributed by atoms with Gasteiger partial charge in [0.2, 0.25) is 0 Å². The van der Waals surface area contributed by atoms with Crippen LogP contribution in [0.25, 0.3) is 11.1 Å². The number of nitrogens with zero attached hydrogens (tertiary/aromatic N) is 1. The van der Waals surface area contributed by atoms with E-state index in [2.05, 4.69) is 0 Å². The first-order valence-corrected chi connectivity index (χ1v) is 7.19. The van der Waals surface area contributed by atoms with E-state index < -0.39 is 0 Å². The molecule has 1 amide bonds. The van der Waals surface area contributed by atoms with Crippen molar-refractivity contribution in [3.05, 3.63) is 46.7 Å². The van der Waals surface area contributed by atoms with Gasteiger partial charge in [-0.1, -0.05) is 30.3 Å². The van der Waals surface area contributed by atoms with Crippen molar-refractivity contribution in [2.24, 2.45) is 0 Å². The molecule has 0 radical (unpaired) electrons. The number of aliphatic hydroxyl groups excluding tert-OH is 1. The molecule has 0 saturated heterocycles. The average Bonchev–Trinajstić information content (AvgIpc) is 2.94. The average molecular weight is 275 g/mol. The van der Waals surface area contributed by atoms with Gasteiger partial charge in [-0.25, -0.2) is 0 Å². The van der Waals surface area contributed by atoms with Crippen molar-refractivity contribution in [3.8, 4) is 11.1 Å². The van der Waals surface area contributed by atoms with Crippen LogP contribution in [0.5, 0.6) is 0 Å². The molecule has 2 aromatic rings. The van der Waals surface area contributed by atoms with Gasteiger partial charge in [0, 0.05) is 18.7 Å². The van der Waals surface area contributed by atoms with Crippen molar-refractivity contribution in [1.29, 1.82) is 0 Å². The minimum absolute atomic E-state index is 0.00831. The van der Waals surface area contributed by atoms with Crippen LogP contribution in [-0.4, -0.2) is 35.6 Å². The minimum Gasteiger partial charge on any atom is -0.395 e. The molecule has 1 aromatic carbocycles. The third-order valence-corrected chi connectivity index (χ3v) is 3.89. The number of carbonyl (C=O) groups is 1. The van der Waals surface area contributed by atoms with Crippen molar-refractivity contribution in [3.63, 3.8) is 0 Å². The first-order chi connectivity index (χ1) is 9.27. The molecule has 4 heteroatoms. The number of carbonyl (C=O) groups excluding carboxylic acids is 1. The molecule has 0 spiro atoms. The number of rotatable bonds is 5. The lowest BCUT2D eigenvalue weighted by Gasteiger charge is -2.19. The highest BCUT2D eigenvalue weighted by molar-refractivity contribution is 7.12. The summed E-state index contributed by atoms with van der Waals surface area (Å²) in [5.74, 6) is -0.00889. The molecule has 1 aromatic heterocycles. The van der Waals surface area contributed by atoms with Crippen LogP contribution in [0.3, 0.4) is 0 Å². The Kier molecular flexibility index (Phi) is 4.71. The Morgan fingerprint density at radius 3 is 2.63 bits per heavy atom. The first kappa shape index (κ1) is 13.8. The van der Waals surface area contributed by atoms with Gasteiger partial charge in [0.25, 0.3) is 5.91 Å². The molecule has 1 N–H and O–H groups in total. The van der Waals surface area contributed by atoms with Gasteiger partial charge in [-0.3, -0.25) is 4.79 Å². The molecule has 19 heavy (non-hydrogen) atoms. The monoisotopic (exact) mass is 275 g/mol. The van der Waals surface area contributed by atoms with Crippen LogP contribution < -0.4 is 0 Å². The van der Waals surface area contributed by atoms with Crippen LogP contribution in [-0.2, 0) is 0 Å². The quantitative estimate of drug-likeness (QED) is 0.911. The van der Waals surface area contributed by atoms with E-state index in [4.69, 9.17) is 5.11 Å². The molecule has 3 nitrogen and oxygen atoms in total. The van der Waals surface area contributed by atoms with Crippen LogP contribution in [0.1, 0.15) is 16.6 Å². The fourth-order valence-corrected chi connectivity index (χ4v) is 2.87. The summed E-state index contributed by atoms with van der Waals surface area (Å²) in [6, 6.07) is 11.9. The second-order valence-electron chi connectivity index (χ2n) is 4.14. The van der Waals surface area contributed by atoms with Crippen LogP contribution in [0.4, 0.5) is 0 Å². The van der Waals surface area contributed by atoms with Gasteiger partial charge in [-0.15, -0.1) is 11.3 Å². The molecule has 0 atom stereocenters. The maximum atomic E-state index is 12.4. The van der Waals surface area contributed by atoms with Crippen molar-refractivity contribution < 1.29 is 9.90 Å². The highest BCUT2D eigenvalue weighted by Gasteiger charge is 2.19. The van der Waals surface area contributed by atoms with Crippen molar-refractivity contribution in [1.82, 2.24) is 4.90 Å². The molecule has 0 aliphatic rings. The third kappa shape index (κ3) is 3.03. The molecule has 100 valence electrons. The van der Waals surface area contributed by atoms with Crippen LogP contribution in [0, 0.1) is 0 Å². The van der Waals surface area contributed by atoms with E-state index in [1.165, 1.54) is 11.3 Å². The maximum Gasteiger partial charge on any atom is 0.264 e. The standard InChI is InChI=1S/C15H17NO2S/c1-2-16(9-10-17)15(18)14-13(8-11-19-14)12-6-4-3-5-7-12/h3-8,11,17H,2,9-10H2,1H3. The predicted molar refractivity (Wildman–Crippen MR) is 78.4 cm³/mol. The summed E-state index contributed by atoms with van der Waals surface area (Å²) in [7, 11) is 0. The number of amides is 1. The summed E-state index contributed by atoms with van der Waals surface area (Å²) in [6.07, 6.45) is 0.